The highest BCUT2D eigenvalue weighted by molar-refractivity contribution is 6.31. The average molecular weight is 476 g/mol. The number of carbonyl (C=O) groups is 1. The van der Waals surface area contributed by atoms with Crippen molar-refractivity contribution in [3.63, 3.8) is 0 Å². The zero-order valence-corrected chi connectivity index (χ0v) is 20.0. The third kappa shape index (κ3) is 5.28. The predicted octanol–water partition coefficient (Wildman–Crippen LogP) is 6.59. The maximum atomic E-state index is 13.4. The van der Waals surface area contributed by atoms with Gasteiger partial charge in [0.1, 0.15) is 0 Å². The molecular weight excluding hydrogens is 449 g/mol. The largest absolute Gasteiger partial charge is 0.621 e. The molecule has 0 fully saturated rings. The van der Waals surface area contributed by atoms with Gasteiger partial charge < -0.3 is 14.7 Å². The Bertz CT molecular complexity index is 981. The summed E-state index contributed by atoms with van der Waals surface area (Å²) < 4.78 is 12.2. The van der Waals surface area contributed by atoms with Gasteiger partial charge in [-0.05, 0) is 48.7 Å². The SMILES string of the molecule is CCCCC1=[N+]([O-])C(C)(CC(=O)OCC)OC1=C(c1ccc(Cl)cc1)c1ccc(Cl)cc1. The smallest absolute Gasteiger partial charge is 0.324 e. The Kier molecular flexibility index (Phi) is 7.86. The number of allylic oxidation sites excluding steroid dienone is 1. The van der Waals surface area contributed by atoms with E-state index in [9.17, 15) is 10.0 Å². The highest BCUT2D eigenvalue weighted by Crippen LogP contribution is 2.38. The van der Waals surface area contributed by atoms with Gasteiger partial charge in [0, 0.05) is 29.0 Å². The zero-order valence-electron chi connectivity index (χ0n) is 18.5. The van der Waals surface area contributed by atoms with Gasteiger partial charge in [-0.1, -0.05) is 60.8 Å². The first-order valence-electron chi connectivity index (χ1n) is 10.7. The summed E-state index contributed by atoms with van der Waals surface area (Å²) in [5.41, 5.74) is 1.55. The molecule has 3 rings (SSSR count). The highest BCUT2D eigenvalue weighted by Gasteiger charge is 2.49. The molecule has 0 spiro atoms. The van der Waals surface area contributed by atoms with Gasteiger partial charge in [0.25, 0.3) is 0 Å². The molecule has 0 radical (unpaired) electrons. The molecule has 1 heterocycles. The summed E-state index contributed by atoms with van der Waals surface area (Å²) in [6.45, 7) is 5.65. The van der Waals surface area contributed by atoms with Crippen molar-refractivity contribution < 1.29 is 19.0 Å². The Labute approximate surface area is 198 Å². The molecule has 0 aliphatic carbocycles. The topological polar surface area (TPSA) is 61.6 Å². The van der Waals surface area contributed by atoms with Crippen LogP contribution in [0.3, 0.4) is 0 Å². The molecule has 1 atom stereocenters. The summed E-state index contributed by atoms with van der Waals surface area (Å²) in [7, 11) is 0. The fourth-order valence-electron chi connectivity index (χ4n) is 3.70. The summed E-state index contributed by atoms with van der Waals surface area (Å²) in [4.78, 5) is 12.2. The van der Waals surface area contributed by atoms with E-state index in [-0.39, 0.29) is 13.0 Å². The van der Waals surface area contributed by atoms with Crippen LogP contribution in [0.5, 0.6) is 0 Å². The summed E-state index contributed by atoms with van der Waals surface area (Å²) in [5.74, 6) is -0.0172. The van der Waals surface area contributed by atoms with Crippen molar-refractivity contribution in [3.05, 3.63) is 80.7 Å². The van der Waals surface area contributed by atoms with Crippen LogP contribution in [0.15, 0.2) is 54.3 Å². The molecule has 0 bridgehead atoms. The minimum Gasteiger partial charge on any atom is -0.621 e. The van der Waals surface area contributed by atoms with Crippen molar-refractivity contribution in [1.29, 1.82) is 0 Å². The van der Waals surface area contributed by atoms with E-state index >= 15 is 0 Å². The maximum Gasteiger partial charge on any atom is 0.324 e. The van der Waals surface area contributed by atoms with Gasteiger partial charge >= 0.3 is 11.7 Å². The lowest BCUT2D eigenvalue weighted by atomic mass is 9.94. The lowest BCUT2D eigenvalue weighted by Crippen LogP contribution is -2.38. The summed E-state index contributed by atoms with van der Waals surface area (Å²) in [6.07, 6.45) is 2.07. The number of hydrogen-bond donors (Lipinski definition) is 0. The number of rotatable bonds is 8. The summed E-state index contributed by atoms with van der Waals surface area (Å²) in [6, 6.07) is 14.7. The lowest BCUT2D eigenvalue weighted by Gasteiger charge is -2.22. The number of hydroxylamine groups is 1. The van der Waals surface area contributed by atoms with Crippen LogP contribution < -0.4 is 0 Å². The van der Waals surface area contributed by atoms with E-state index in [2.05, 4.69) is 6.92 Å². The quantitative estimate of drug-likeness (QED) is 0.245. The third-order valence-electron chi connectivity index (χ3n) is 5.30. The minimum absolute atomic E-state index is 0.183. The normalized spacial score (nSPS) is 18.0. The average Bonchev–Trinajstić information content (AvgIpc) is 2.99. The van der Waals surface area contributed by atoms with E-state index in [0.717, 1.165) is 34.3 Å². The van der Waals surface area contributed by atoms with Gasteiger partial charge in [0.05, 0.1) is 6.61 Å². The van der Waals surface area contributed by atoms with E-state index in [1.807, 2.05) is 24.3 Å². The van der Waals surface area contributed by atoms with Crippen molar-refractivity contribution in [1.82, 2.24) is 0 Å². The van der Waals surface area contributed by atoms with Gasteiger partial charge in [-0.2, -0.15) is 4.74 Å². The van der Waals surface area contributed by atoms with E-state index in [1.165, 1.54) is 0 Å². The Balaban J connectivity index is 2.21. The van der Waals surface area contributed by atoms with Crippen molar-refractivity contribution in [3.8, 4) is 0 Å². The van der Waals surface area contributed by atoms with E-state index in [4.69, 9.17) is 32.7 Å². The molecular formula is C25H27Cl2NO4. The number of ether oxygens (including phenoxy) is 2. The van der Waals surface area contributed by atoms with Gasteiger partial charge in [0.15, 0.2) is 6.42 Å². The number of esters is 1. The van der Waals surface area contributed by atoms with Gasteiger partial charge in [-0.25, -0.2) is 0 Å². The van der Waals surface area contributed by atoms with Crippen LogP contribution in [-0.4, -0.2) is 28.8 Å². The van der Waals surface area contributed by atoms with Crippen LogP contribution in [0.2, 0.25) is 10.0 Å². The van der Waals surface area contributed by atoms with Crippen molar-refractivity contribution >= 4 is 40.5 Å². The number of benzene rings is 2. The molecule has 0 saturated carbocycles. The molecule has 2 aromatic rings. The van der Waals surface area contributed by atoms with Gasteiger partial charge in [0.2, 0.25) is 11.5 Å². The Morgan fingerprint density at radius 1 is 1.03 bits per heavy atom. The number of nitrogens with zero attached hydrogens (tertiary/aromatic N) is 1. The summed E-state index contributed by atoms with van der Waals surface area (Å²) >= 11 is 12.2. The Hall–Kier alpha value is -2.50. The van der Waals surface area contributed by atoms with E-state index in [1.54, 1.807) is 38.1 Å². The molecule has 0 amide bonds. The predicted molar refractivity (Wildman–Crippen MR) is 128 cm³/mol. The number of unbranched alkanes of at least 4 members (excludes halogenated alkanes) is 1. The molecule has 2 aromatic carbocycles. The molecule has 0 aromatic heterocycles. The van der Waals surface area contributed by atoms with Crippen molar-refractivity contribution in [2.45, 2.75) is 52.2 Å². The molecule has 0 N–H and O–H groups in total. The standard InChI is InChI=1S/C25H27Cl2NO4/c1-4-6-7-21-24(32-25(3,28(21)30)16-22(29)31-5-2)23(17-8-12-19(26)13-9-17)18-10-14-20(27)15-11-18/h8-15H,4-7,16H2,1-3H3. The van der Waals surface area contributed by atoms with Crippen molar-refractivity contribution in [2.24, 2.45) is 0 Å². The van der Waals surface area contributed by atoms with Crippen molar-refractivity contribution in [2.75, 3.05) is 6.61 Å². The van der Waals surface area contributed by atoms with Crippen LogP contribution in [0.1, 0.15) is 57.6 Å². The lowest BCUT2D eigenvalue weighted by molar-refractivity contribution is -0.585. The summed E-state index contributed by atoms with van der Waals surface area (Å²) in [5, 5.41) is 14.6. The fourth-order valence-corrected chi connectivity index (χ4v) is 3.95. The number of carbonyl (C=O) groups excluding carboxylic acids is 1. The third-order valence-corrected chi connectivity index (χ3v) is 5.80. The molecule has 32 heavy (non-hydrogen) atoms. The highest BCUT2D eigenvalue weighted by atomic mass is 35.5. The second kappa shape index (κ2) is 10.4. The van der Waals surface area contributed by atoms with Crippen LogP contribution in [0.4, 0.5) is 0 Å². The Morgan fingerprint density at radius 2 is 1.56 bits per heavy atom. The molecule has 1 aliphatic heterocycles. The monoisotopic (exact) mass is 475 g/mol. The molecule has 170 valence electrons. The molecule has 1 unspecified atom stereocenters. The molecule has 7 heteroatoms. The fraction of sp³-hybridized carbons (Fsp3) is 0.360. The molecule has 1 aliphatic rings. The Morgan fingerprint density at radius 3 is 2.03 bits per heavy atom. The number of hydrogen-bond acceptors (Lipinski definition) is 4. The van der Waals surface area contributed by atoms with Crippen LogP contribution in [-0.2, 0) is 14.3 Å². The second-order valence-corrected chi connectivity index (χ2v) is 8.69. The molecule has 0 saturated heterocycles. The van der Waals surface area contributed by atoms with Crippen LogP contribution in [0.25, 0.3) is 5.57 Å². The van der Waals surface area contributed by atoms with Crippen LogP contribution in [0, 0.1) is 5.21 Å². The second-order valence-electron chi connectivity index (χ2n) is 7.82. The first-order valence-corrected chi connectivity index (χ1v) is 11.5. The van der Waals surface area contributed by atoms with Gasteiger partial charge in [-0.3, -0.25) is 4.79 Å². The first kappa shape index (κ1) is 24.1. The van der Waals surface area contributed by atoms with Crippen LogP contribution >= 0.6 is 23.2 Å². The van der Waals surface area contributed by atoms with E-state index < -0.39 is 11.7 Å². The number of halogens is 2. The first-order chi connectivity index (χ1) is 15.3. The zero-order chi connectivity index (χ0) is 23.3. The molecule has 5 nitrogen and oxygen atoms in total. The van der Waals surface area contributed by atoms with Gasteiger partial charge in [-0.15, -0.1) is 0 Å². The maximum absolute atomic E-state index is 13.4. The minimum atomic E-state index is -1.39. The van der Waals surface area contributed by atoms with E-state index in [0.29, 0.717) is 27.9 Å².